The van der Waals surface area contributed by atoms with Gasteiger partial charge in [0.05, 0.1) is 12.2 Å². The summed E-state index contributed by atoms with van der Waals surface area (Å²) in [4.78, 5) is 38.5. The van der Waals surface area contributed by atoms with Crippen LogP contribution in [-0.4, -0.2) is 51.1 Å². The van der Waals surface area contributed by atoms with Gasteiger partial charge in [-0.3, -0.25) is 14.6 Å². The third-order valence-electron chi connectivity index (χ3n) is 5.19. The molecule has 10 heteroatoms. The molecule has 2 aromatic heterocycles. The van der Waals surface area contributed by atoms with E-state index < -0.39 is 11.7 Å². The highest BCUT2D eigenvalue weighted by atomic mass is 19.1. The molecule has 1 saturated heterocycles. The second-order valence-electron chi connectivity index (χ2n) is 7.04. The number of anilines is 1. The van der Waals surface area contributed by atoms with Crippen LogP contribution in [0.3, 0.4) is 0 Å². The summed E-state index contributed by atoms with van der Waals surface area (Å²) in [5.41, 5.74) is 6.06. The molecule has 0 spiro atoms. The molecule has 2 amide bonds. The quantitative estimate of drug-likeness (QED) is 0.831. The van der Waals surface area contributed by atoms with E-state index in [0.717, 1.165) is 6.20 Å². The van der Waals surface area contributed by atoms with E-state index in [9.17, 15) is 14.0 Å². The number of hydrogen-bond acceptors (Lipinski definition) is 7. The molecule has 1 atom stereocenters. The topological polar surface area (TPSA) is 118 Å². The average molecular weight is 397 g/mol. The molecular weight excluding hydrogens is 377 g/mol. The van der Waals surface area contributed by atoms with Crippen molar-refractivity contribution >= 4 is 24.0 Å². The van der Waals surface area contributed by atoms with E-state index in [1.165, 1.54) is 23.3 Å². The molecule has 0 aliphatic carbocycles. The first-order chi connectivity index (χ1) is 14.0. The molecule has 2 aliphatic heterocycles. The first kappa shape index (κ1) is 18.9. The highest BCUT2D eigenvalue weighted by Crippen LogP contribution is 2.32. The molecule has 2 aliphatic rings. The van der Waals surface area contributed by atoms with Crippen LogP contribution < -0.4 is 10.6 Å². The van der Waals surface area contributed by atoms with Gasteiger partial charge in [-0.05, 0) is 30.5 Å². The Morgan fingerprint density at radius 1 is 1.21 bits per heavy atom. The number of carbonyl (C=O) groups excluding carboxylic acids is 2. The van der Waals surface area contributed by atoms with Gasteiger partial charge in [0.2, 0.25) is 11.9 Å². The Bertz CT molecular complexity index is 959. The monoisotopic (exact) mass is 397 g/mol. The van der Waals surface area contributed by atoms with Crippen LogP contribution in [0.5, 0.6) is 0 Å². The first-order valence-corrected chi connectivity index (χ1v) is 9.36. The van der Waals surface area contributed by atoms with Crippen molar-refractivity contribution in [1.82, 2.24) is 20.0 Å². The largest absolute Gasteiger partial charge is 0.364 e. The minimum Gasteiger partial charge on any atom is -0.364 e. The minimum atomic E-state index is -0.608. The van der Waals surface area contributed by atoms with Crippen LogP contribution in [-0.2, 0) is 4.79 Å². The number of nitrogens with zero attached hydrogens (tertiary/aromatic N) is 6. The molecule has 1 unspecified atom stereocenters. The Morgan fingerprint density at radius 2 is 2.00 bits per heavy atom. The summed E-state index contributed by atoms with van der Waals surface area (Å²) in [5, 5.41) is 5.67. The van der Waals surface area contributed by atoms with Crippen LogP contribution in [0.1, 0.15) is 41.4 Å². The maximum atomic E-state index is 13.5. The van der Waals surface area contributed by atoms with E-state index in [-0.39, 0.29) is 23.6 Å². The number of nitrogens with two attached hydrogens (primary N) is 1. The highest BCUT2D eigenvalue weighted by Gasteiger charge is 2.35. The fourth-order valence-electron chi connectivity index (χ4n) is 3.67. The van der Waals surface area contributed by atoms with Crippen LogP contribution in [0.25, 0.3) is 0 Å². The maximum Gasteiger partial charge on any atom is 0.267 e. The molecule has 4 rings (SSSR count). The lowest BCUT2D eigenvalue weighted by Gasteiger charge is -2.33. The zero-order valence-electron chi connectivity index (χ0n) is 15.6. The van der Waals surface area contributed by atoms with E-state index >= 15 is 0 Å². The van der Waals surface area contributed by atoms with Crippen molar-refractivity contribution in [1.29, 1.82) is 0 Å². The third-order valence-corrected chi connectivity index (χ3v) is 5.19. The van der Waals surface area contributed by atoms with Crippen LogP contribution >= 0.6 is 0 Å². The Balaban J connectivity index is 1.42. The summed E-state index contributed by atoms with van der Waals surface area (Å²) in [7, 11) is 0. The zero-order chi connectivity index (χ0) is 20.4. The maximum absolute atomic E-state index is 13.5. The molecule has 2 N–H and O–H groups in total. The van der Waals surface area contributed by atoms with Gasteiger partial charge in [-0.1, -0.05) is 0 Å². The fourth-order valence-corrected chi connectivity index (χ4v) is 3.67. The molecule has 29 heavy (non-hydrogen) atoms. The number of primary amides is 1. The molecule has 0 aromatic carbocycles. The lowest BCUT2D eigenvalue weighted by Crippen LogP contribution is -2.41. The molecule has 0 radical (unpaired) electrons. The van der Waals surface area contributed by atoms with E-state index in [1.54, 1.807) is 12.4 Å². The normalized spacial score (nSPS) is 19.6. The van der Waals surface area contributed by atoms with Gasteiger partial charge in [-0.25, -0.2) is 19.4 Å². The van der Waals surface area contributed by atoms with E-state index in [4.69, 9.17) is 5.73 Å². The standard InChI is InChI=1S/C19H20FN7O2/c20-14-9-13(10-22-11-14)16-2-6-24-27(16)18(29)12-3-7-26(8-4-12)19-23-5-1-15(25-19)17(21)28/h1,5-6,9-12,16H,2-4,7-8H2,(H2,21,28). The van der Waals surface area contributed by atoms with Gasteiger partial charge in [-0.2, -0.15) is 5.10 Å². The summed E-state index contributed by atoms with van der Waals surface area (Å²) in [6.45, 7) is 1.14. The van der Waals surface area contributed by atoms with Gasteiger partial charge in [0.1, 0.15) is 11.5 Å². The van der Waals surface area contributed by atoms with Gasteiger partial charge in [-0.15, -0.1) is 0 Å². The summed E-state index contributed by atoms with van der Waals surface area (Å²) in [6.07, 6.45) is 7.60. The number of aromatic nitrogens is 3. The van der Waals surface area contributed by atoms with Crippen LogP contribution in [0.4, 0.5) is 10.3 Å². The number of carbonyl (C=O) groups is 2. The van der Waals surface area contributed by atoms with Crippen LogP contribution in [0, 0.1) is 11.7 Å². The van der Waals surface area contributed by atoms with Crippen molar-refractivity contribution in [3.05, 3.63) is 47.8 Å². The fraction of sp³-hybridized carbons (Fsp3) is 0.368. The predicted molar refractivity (Wildman–Crippen MR) is 102 cm³/mol. The predicted octanol–water partition coefficient (Wildman–Crippen LogP) is 1.29. The van der Waals surface area contributed by atoms with Gasteiger partial charge in [0, 0.05) is 44.0 Å². The Hall–Kier alpha value is -3.43. The van der Waals surface area contributed by atoms with E-state index in [1.807, 2.05) is 4.90 Å². The van der Waals surface area contributed by atoms with Crippen molar-refractivity contribution in [3.63, 3.8) is 0 Å². The average Bonchev–Trinajstić information content (AvgIpc) is 3.23. The Labute approximate surface area is 166 Å². The van der Waals surface area contributed by atoms with Crippen LogP contribution in [0.2, 0.25) is 0 Å². The van der Waals surface area contributed by atoms with Crippen molar-refractivity contribution in [3.8, 4) is 0 Å². The van der Waals surface area contributed by atoms with Gasteiger partial charge >= 0.3 is 0 Å². The van der Waals surface area contributed by atoms with Crippen molar-refractivity contribution in [2.75, 3.05) is 18.0 Å². The molecule has 1 fully saturated rings. The number of amides is 2. The second-order valence-corrected chi connectivity index (χ2v) is 7.04. The minimum absolute atomic E-state index is 0.0838. The molecule has 2 aromatic rings. The van der Waals surface area contributed by atoms with Crippen molar-refractivity contribution in [2.24, 2.45) is 16.8 Å². The smallest absolute Gasteiger partial charge is 0.267 e. The van der Waals surface area contributed by atoms with Crippen molar-refractivity contribution in [2.45, 2.75) is 25.3 Å². The lowest BCUT2D eigenvalue weighted by molar-refractivity contribution is -0.138. The SMILES string of the molecule is NC(=O)c1ccnc(N2CCC(C(=O)N3N=CCC3c3cncc(F)c3)CC2)n1. The van der Waals surface area contributed by atoms with Gasteiger partial charge < -0.3 is 10.6 Å². The van der Waals surface area contributed by atoms with E-state index in [0.29, 0.717) is 43.9 Å². The second kappa shape index (κ2) is 7.90. The Morgan fingerprint density at radius 3 is 2.72 bits per heavy atom. The first-order valence-electron chi connectivity index (χ1n) is 9.36. The molecule has 150 valence electrons. The number of pyridine rings is 1. The lowest BCUT2D eigenvalue weighted by atomic mass is 9.94. The number of rotatable bonds is 4. The number of hydrogen-bond donors (Lipinski definition) is 1. The molecule has 4 heterocycles. The number of piperidine rings is 1. The molecule has 0 bridgehead atoms. The molecule has 0 saturated carbocycles. The summed E-state index contributed by atoms with van der Waals surface area (Å²) >= 11 is 0. The highest BCUT2D eigenvalue weighted by molar-refractivity contribution is 5.90. The Kier molecular flexibility index (Phi) is 5.15. The summed E-state index contributed by atoms with van der Waals surface area (Å²) in [5.74, 6) is -0.906. The van der Waals surface area contributed by atoms with Crippen LogP contribution in [0.15, 0.2) is 35.8 Å². The number of hydrazone groups is 1. The summed E-state index contributed by atoms with van der Waals surface area (Å²) < 4.78 is 13.5. The molecule has 9 nitrogen and oxygen atoms in total. The van der Waals surface area contributed by atoms with E-state index in [2.05, 4.69) is 20.1 Å². The third kappa shape index (κ3) is 3.91. The molecular formula is C19H20FN7O2. The number of halogens is 1. The zero-order valence-corrected chi connectivity index (χ0v) is 15.6. The summed E-state index contributed by atoms with van der Waals surface area (Å²) in [6, 6.07) is 2.52. The van der Waals surface area contributed by atoms with Crippen molar-refractivity contribution < 1.29 is 14.0 Å². The van der Waals surface area contributed by atoms with Gasteiger partial charge in [0.25, 0.3) is 5.91 Å². The van der Waals surface area contributed by atoms with Gasteiger partial charge in [0.15, 0.2) is 0 Å².